The number of rotatable bonds is 4. The van der Waals surface area contributed by atoms with E-state index in [0.29, 0.717) is 30.2 Å². The molecule has 0 saturated carbocycles. The molecule has 0 radical (unpaired) electrons. The van der Waals surface area contributed by atoms with Gasteiger partial charge in [-0.25, -0.2) is 0 Å². The fraction of sp³-hybridized carbons (Fsp3) is 0.619. The van der Waals surface area contributed by atoms with Gasteiger partial charge in [0.1, 0.15) is 19.0 Å². The maximum Gasteiger partial charge on any atom is 0.257 e. The van der Waals surface area contributed by atoms with Crippen molar-refractivity contribution in [3.8, 4) is 5.75 Å². The molecule has 0 bridgehead atoms. The number of methoxy groups -OCH3 is 2. The number of nitrogens with one attached hydrogen (secondary N) is 1. The smallest absolute Gasteiger partial charge is 0.257 e. The summed E-state index contributed by atoms with van der Waals surface area (Å²) in [4.78, 5) is 28.9. The number of fused-ring (bicyclic) bond motifs is 1. The van der Waals surface area contributed by atoms with E-state index < -0.39 is 0 Å². The summed E-state index contributed by atoms with van der Waals surface area (Å²) in [7, 11) is 6.94. The number of benzene rings is 1. The summed E-state index contributed by atoms with van der Waals surface area (Å²) in [6.45, 7) is 5.90. The van der Waals surface area contributed by atoms with Crippen molar-refractivity contribution in [1.29, 1.82) is 0 Å². The number of hydrogen-bond acceptors (Lipinski definition) is 6. The van der Waals surface area contributed by atoms with Crippen LogP contribution in [0.3, 0.4) is 0 Å². The fourth-order valence-electron chi connectivity index (χ4n) is 3.36. The molecule has 1 aliphatic rings. The van der Waals surface area contributed by atoms with E-state index in [2.05, 4.69) is 31.1 Å². The third-order valence-corrected chi connectivity index (χ3v) is 5.32. The third-order valence-electron chi connectivity index (χ3n) is 5.32. The second-order valence-corrected chi connectivity index (χ2v) is 7.73. The first kappa shape index (κ1) is 23.1. The molecule has 2 amide bonds. The molecule has 2 rings (SSSR count). The highest BCUT2D eigenvalue weighted by molar-refractivity contribution is 5.99. The summed E-state index contributed by atoms with van der Waals surface area (Å²) in [6, 6.07) is 5.25. The van der Waals surface area contributed by atoms with E-state index >= 15 is 0 Å². The zero-order chi connectivity index (χ0) is 21.6. The Labute approximate surface area is 173 Å². The monoisotopic (exact) mass is 407 g/mol. The van der Waals surface area contributed by atoms with E-state index in [1.807, 2.05) is 0 Å². The number of nitrogens with zero attached hydrogens (tertiary/aromatic N) is 2. The molecule has 1 aromatic rings. The molecule has 29 heavy (non-hydrogen) atoms. The Hall–Kier alpha value is -2.16. The Morgan fingerprint density at radius 3 is 2.62 bits per heavy atom. The van der Waals surface area contributed by atoms with Gasteiger partial charge in [0.05, 0.1) is 11.7 Å². The molecule has 0 unspecified atom stereocenters. The highest BCUT2D eigenvalue weighted by Crippen LogP contribution is 2.26. The fourth-order valence-corrected chi connectivity index (χ4v) is 3.36. The van der Waals surface area contributed by atoms with Gasteiger partial charge < -0.3 is 24.4 Å². The largest absolute Gasteiger partial charge is 0.491 e. The predicted octanol–water partition coefficient (Wildman–Crippen LogP) is 1.71. The SMILES string of the molecule is COCC(=O)Nc1ccc2c(c1)C(=O)N(C)C[C@@H](OC)[C@H](C)CN(C)[C@@H](C)CO2. The van der Waals surface area contributed by atoms with Crippen LogP contribution in [0, 0.1) is 5.92 Å². The maximum absolute atomic E-state index is 13.2. The van der Waals surface area contributed by atoms with E-state index in [4.69, 9.17) is 14.2 Å². The summed E-state index contributed by atoms with van der Waals surface area (Å²) in [5.41, 5.74) is 0.922. The van der Waals surface area contributed by atoms with Crippen LogP contribution in [0.4, 0.5) is 5.69 Å². The van der Waals surface area contributed by atoms with Crippen LogP contribution in [-0.2, 0) is 14.3 Å². The Morgan fingerprint density at radius 1 is 1.24 bits per heavy atom. The Bertz CT molecular complexity index is 712. The van der Waals surface area contributed by atoms with Crippen molar-refractivity contribution < 1.29 is 23.8 Å². The van der Waals surface area contributed by atoms with Gasteiger partial charge in [-0.1, -0.05) is 6.92 Å². The van der Waals surface area contributed by atoms with Gasteiger partial charge in [-0.3, -0.25) is 14.5 Å². The van der Waals surface area contributed by atoms with Gasteiger partial charge in [0.2, 0.25) is 5.91 Å². The molecule has 1 N–H and O–H groups in total. The van der Waals surface area contributed by atoms with E-state index in [-0.39, 0.29) is 36.5 Å². The standard InChI is InChI=1S/C21H33N3O5/c1-14-10-23(3)15(2)12-29-18-8-7-16(22-20(25)13-27-5)9-17(18)21(26)24(4)11-19(14)28-6/h7-9,14-15,19H,10-13H2,1-6H3,(H,22,25)/t14-,15+,19-/m1/s1. The van der Waals surface area contributed by atoms with Crippen LogP contribution in [0.5, 0.6) is 5.75 Å². The van der Waals surface area contributed by atoms with Gasteiger partial charge in [-0.05, 0) is 38.1 Å². The second kappa shape index (κ2) is 10.6. The zero-order valence-electron chi connectivity index (χ0n) is 18.2. The Balaban J connectivity index is 2.37. The Morgan fingerprint density at radius 2 is 1.97 bits per heavy atom. The van der Waals surface area contributed by atoms with Crippen LogP contribution in [0.25, 0.3) is 0 Å². The van der Waals surface area contributed by atoms with Crippen LogP contribution < -0.4 is 10.1 Å². The molecule has 0 aromatic heterocycles. The van der Waals surface area contributed by atoms with Gasteiger partial charge in [-0.15, -0.1) is 0 Å². The lowest BCUT2D eigenvalue weighted by Gasteiger charge is -2.34. The summed E-state index contributed by atoms with van der Waals surface area (Å²) >= 11 is 0. The highest BCUT2D eigenvalue weighted by atomic mass is 16.5. The van der Waals surface area contributed by atoms with Crippen LogP contribution in [0.1, 0.15) is 24.2 Å². The molecular formula is C21H33N3O5. The van der Waals surface area contributed by atoms with Gasteiger partial charge in [0.25, 0.3) is 5.91 Å². The second-order valence-electron chi connectivity index (χ2n) is 7.73. The number of carbonyl (C=O) groups is 2. The first-order chi connectivity index (χ1) is 13.8. The van der Waals surface area contributed by atoms with E-state index in [0.717, 1.165) is 6.54 Å². The summed E-state index contributed by atoms with van der Waals surface area (Å²) < 4.78 is 16.5. The normalized spacial score (nSPS) is 24.1. The molecule has 3 atom stereocenters. The quantitative estimate of drug-likeness (QED) is 0.819. The minimum Gasteiger partial charge on any atom is -0.491 e. The lowest BCUT2D eigenvalue weighted by atomic mass is 10.0. The molecule has 0 aliphatic carbocycles. The van der Waals surface area contributed by atoms with Crippen LogP contribution in [-0.4, -0.2) is 88.4 Å². The van der Waals surface area contributed by atoms with Crippen LogP contribution in [0.2, 0.25) is 0 Å². The van der Waals surface area contributed by atoms with Gasteiger partial charge in [0.15, 0.2) is 0 Å². The van der Waals surface area contributed by atoms with E-state index in [1.165, 1.54) is 7.11 Å². The van der Waals surface area contributed by atoms with Crippen LogP contribution in [0.15, 0.2) is 18.2 Å². The lowest BCUT2D eigenvalue weighted by molar-refractivity contribution is -0.119. The summed E-state index contributed by atoms with van der Waals surface area (Å²) in [5.74, 6) is 0.264. The number of carbonyl (C=O) groups excluding carboxylic acids is 2. The summed E-state index contributed by atoms with van der Waals surface area (Å²) in [6.07, 6.45) is -0.0908. The molecule has 162 valence electrons. The van der Waals surface area contributed by atoms with Gasteiger partial charge >= 0.3 is 0 Å². The molecule has 0 saturated heterocycles. The van der Waals surface area contributed by atoms with Crippen molar-refractivity contribution in [2.45, 2.75) is 26.0 Å². The van der Waals surface area contributed by atoms with E-state index in [9.17, 15) is 9.59 Å². The third kappa shape index (κ3) is 6.16. The molecule has 8 heteroatoms. The van der Waals surface area contributed by atoms with Gasteiger partial charge in [0, 0.05) is 46.1 Å². The average Bonchev–Trinajstić information content (AvgIpc) is 2.69. The lowest BCUT2D eigenvalue weighted by Crippen LogP contribution is -2.45. The molecular weight excluding hydrogens is 374 g/mol. The number of anilines is 1. The first-order valence-electron chi connectivity index (χ1n) is 9.80. The molecule has 0 fully saturated rings. The van der Waals surface area contributed by atoms with Crippen LogP contribution >= 0.6 is 0 Å². The number of amides is 2. The summed E-state index contributed by atoms with van der Waals surface area (Å²) in [5, 5.41) is 2.73. The first-order valence-corrected chi connectivity index (χ1v) is 9.80. The molecule has 1 aromatic carbocycles. The van der Waals surface area contributed by atoms with Crippen molar-refractivity contribution in [1.82, 2.24) is 9.80 Å². The van der Waals surface area contributed by atoms with Crippen molar-refractivity contribution in [3.63, 3.8) is 0 Å². The maximum atomic E-state index is 13.2. The topological polar surface area (TPSA) is 80.3 Å². The Kier molecular flexibility index (Phi) is 8.43. The molecule has 8 nitrogen and oxygen atoms in total. The highest BCUT2D eigenvalue weighted by Gasteiger charge is 2.27. The van der Waals surface area contributed by atoms with Gasteiger partial charge in [-0.2, -0.15) is 0 Å². The average molecular weight is 408 g/mol. The van der Waals surface area contributed by atoms with E-state index in [1.54, 1.807) is 37.3 Å². The number of likely N-dealkylation sites (N-methyl/N-ethyl adjacent to an activating group) is 2. The number of ether oxygens (including phenoxy) is 3. The van der Waals surface area contributed by atoms with Crippen molar-refractivity contribution in [2.24, 2.45) is 5.92 Å². The van der Waals surface area contributed by atoms with Crippen molar-refractivity contribution in [2.75, 3.05) is 59.9 Å². The zero-order valence-corrected chi connectivity index (χ0v) is 18.2. The molecule has 1 aliphatic heterocycles. The predicted molar refractivity (Wildman–Crippen MR) is 111 cm³/mol. The molecule has 1 heterocycles. The van der Waals surface area contributed by atoms with Crippen molar-refractivity contribution in [3.05, 3.63) is 23.8 Å². The van der Waals surface area contributed by atoms with Crippen molar-refractivity contribution >= 4 is 17.5 Å². The minimum absolute atomic E-state index is 0.0569. The molecule has 0 spiro atoms. The number of hydrogen-bond donors (Lipinski definition) is 1. The minimum atomic E-state index is -0.286.